The van der Waals surface area contributed by atoms with Gasteiger partial charge in [-0.2, -0.15) is 0 Å². The van der Waals surface area contributed by atoms with E-state index < -0.39 is 5.97 Å². The standard InChI is InChI=1S/C16H28N2O3/c1-12-4-5-14(9-12)10-17-16(21)18-8-2-3-13(11-18)6-7-15(19)20/h12-14H,2-11H2,1H3,(H,17,21)(H,19,20). The molecule has 2 fully saturated rings. The Labute approximate surface area is 127 Å². The molecule has 2 aliphatic rings. The Morgan fingerprint density at radius 3 is 2.71 bits per heavy atom. The lowest BCUT2D eigenvalue weighted by Gasteiger charge is -2.33. The number of nitrogens with zero attached hydrogens (tertiary/aromatic N) is 1. The predicted octanol–water partition coefficient (Wildman–Crippen LogP) is 2.71. The first-order chi connectivity index (χ1) is 10.0. The van der Waals surface area contributed by atoms with Gasteiger partial charge in [0.15, 0.2) is 0 Å². The molecule has 2 N–H and O–H groups in total. The second kappa shape index (κ2) is 7.66. The van der Waals surface area contributed by atoms with E-state index in [1.54, 1.807) is 0 Å². The molecule has 1 saturated heterocycles. The number of hydrogen-bond donors (Lipinski definition) is 2. The minimum absolute atomic E-state index is 0.0366. The number of carboxylic acids is 1. The smallest absolute Gasteiger partial charge is 0.317 e. The van der Waals surface area contributed by atoms with Crippen LogP contribution in [0.4, 0.5) is 4.79 Å². The van der Waals surface area contributed by atoms with Crippen molar-refractivity contribution in [3.05, 3.63) is 0 Å². The maximum Gasteiger partial charge on any atom is 0.317 e. The lowest BCUT2D eigenvalue weighted by molar-refractivity contribution is -0.137. The maximum atomic E-state index is 12.2. The van der Waals surface area contributed by atoms with E-state index >= 15 is 0 Å². The highest BCUT2D eigenvalue weighted by molar-refractivity contribution is 5.74. The summed E-state index contributed by atoms with van der Waals surface area (Å²) < 4.78 is 0. The van der Waals surface area contributed by atoms with Crippen molar-refractivity contribution in [2.75, 3.05) is 19.6 Å². The van der Waals surface area contributed by atoms with Gasteiger partial charge in [0, 0.05) is 26.1 Å². The molecule has 0 spiro atoms. The third-order valence-electron chi connectivity index (χ3n) is 4.92. The average molecular weight is 296 g/mol. The fourth-order valence-corrected chi connectivity index (χ4v) is 3.67. The highest BCUT2D eigenvalue weighted by atomic mass is 16.4. The molecule has 1 aliphatic carbocycles. The van der Waals surface area contributed by atoms with Crippen LogP contribution in [0.5, 0.6) is 0 Å². The molecule has 5 heteroatoms. The number of carbonyl (C=O) groups excluding carboxylic acids is 1. The number of urea groups is 1. The molecule has 2 rings (SSSR count). The van der Waals surface area contributed by atoms with Crippen molar-refractivity contribution in [1.29, 1.82) is 0 Å². The van der Waals surface area contributed by atoms with Gasteiger partial charge in [0.2, 0.25) is 0 Å². The first-order valence-electron chi connectivity index (χ1n) is 8.29. The van der Waals surface area contributed by atoms with Crippen LogP contribution in [-0.4, -0.2) is 41.6 Å². The first-order valence-corrected chi connectivity index (χ1v) is 8.29. The van der Waals surface area contributed by atoms with E-state index in [1.165, 1.54) is 19.3 Å². The minimum Gasteiger partial charge on any atom is -0.481 e. The summed E-state index contributed by atoms with van der Waals surface area (Å²) in [6.45, 7) is 4.58. The summed E-state index contributed by atoms with van der Waals surface area (Å²) in [5, 5.41) is 11.8. The lowest BCUT2D eigenvalue weighted by atomic mass is 9.93. The van der Waals surface area contributed by atoms with Crippen LogP contribution in [0.25, 0.3) is 0 Å². The number of likely N-dealkylation sites (tertiary alicyclic amines) is 1. The van der Waals surface area contributed by atoms with Crippen LogP contribution in [0.2, 0.25) is 0 Å². The quantitative estimate of drug-likeness (QED) is 0.819. The lowest BCUT2D eigenvalue weighted by Crippen LogP contribution is -2.46. The number of piperidine rings is 1. The molecule has 1 saturated carbocycles. The van der Waals surface area contributed by atoms with E-state index in [0.29, 0.717) is 24.8 Å². The number of carbonyl (C=O) groups is 2. The van der Waals surface area contributed by atoms with Crippen LogP contribution >= 0.6 is 0 Å². The summed E-state index contributed by atoms with van der Waals surface area (Å²) in [7, 11) is 0. The Kier molecular flexibility index (Phi) is 5.88. The molecule has 3 atom stereocenters. The van der Waals surface area contributed by atoms with Crippen molar-refractivity contribution in [3.8, 4) is 0 Å². The zero-order chi connectivity index (χ0) is 15.2. The summed E-state index contributed by atoms with van der Waals surface area (Å²) in [6, 6.07) is 0.0366. The van der Waals surface area contributed by atoms with Crippen LogP contribution in [0.15, 0.2) is 0 Å². The van der Waals surface area contributed by atoms with E-state index in [0.717, 1.165) is 31.8 Å². The van der Waals surface area contributed by atoms with Gasteiger partial charge >= 0.3 is 12.0 Å². The van der Waals surface area contributed by atoms with Crippen molar-refractivity contribution in [2.45, 2.75) is 51.9 Å². The van der Waals surface area contributed by atoms with Gasteiger partial charge in [-0.15, -0.1) is 0 Å². The molecular weight excluding hydrogens is 268 g/mol. The third kappa shape index (κ3) is 5.21. The zero-order valence-electron chi connectivity index (χ0n) is 13.0. The number of amides is 2. The van der Waals surface area contributed by atoms with E-state index in [1.807, 2.05) is 4.90 Å². The SMILES string of the molecule is CC1CCC(CNC(=O)N2CCCC(CCC(=O)O)C2)C1. The summed E-state index contributed by atoms with van der Waals surface area (Å²) in [6.07, 6.45) is 6.64. The molecule has 2 amide bonds. The zero-order valence-corrected chi connectivity index (χ0v) is 13.0. The molecule has 0 radical (unpaired) electrons. The van der Waals surface area contributed by atoms with Gasteiger partial charge in [-0.05, 0) is 49.9 Å². The van der Waals surface area contributed by atoms with Gasteiger partial charge in [-0.3, -0.25) is 4.79 Å². The third-order valence-corrected chi connectivity index (χ3v) is 4.92. The average Bonchev–Trinajstić information content (AvgIpc) is 2.88. The van der Waals surface area contributed by atoms with Crippen LogP contribution < -0.4 is 5.32 Å². The predicted molar refractivity (Wildman–Crippen MR) is 81.1 cm³/mol. The van der Waals surface area contributed by atoms with E-state index in [4.69, 9.17) is 5.11 Å². The van der Waals surface area contributed by atoms with Crippen molar-refractivity contribution < 1.29 is 14.7 Å². The summed E-state index contributed by atoms with van der Waals surface area (Å²) in [5.41, 5.74) is 0. The summed E-state index contributed by atoms with van der Waals surface area (Å²) in [5.74, 6) is 1.03. The molecule has 1 aliphatic heterocycles. The van der Waals surface area contributed by atoms with E-state index in [2.05, 4.69) is 12.2 Å². The number of rotatable bonds is 5. The topological polar surface area (TPSA) is 69.6 Å². The number of nitrogens with one attached hydrogen (secondary N) is 1. The first kappa shape index (κ1) is 16.1. The largest absolute Gasteiger partial charge is 0.481 e. The Balaban J connectivity index is 1.70. The molecule has 0 aromatic rings. The minimum atomic E-state index is -0.744. The summed E-state index contributed by atoms with van der Waals surface area (Å²) in [4.78, 5) is 24.7. The van der Waals surface area contributed by atoms with E-state index in [-0.39, 0.29) is 12.5 Å². The highest BCUT2D eigenvalue weighted by Crippen LogP contribution is 2.29. The Hall–Kier alpha value is -1.26. The van der Waals surface area contributed by atoms with Gasteiger partial charge in [0.25, 0.3) is 0 Å². The Morgan fingerprint density at radius 1 is 1.24 bits per heavy atom. The Bertz CT molecular complexity index is 373. The molecule has 0 bridgehead atoms. The molecule has 0 aromatic carbocycles. The molecule has 0 aromatic heterocycles. The van der Waals surface area contributed by atoms with Gasteiger partial charge in [0.1, 0.15) is 0 Å². The van der Waals surface area contributed by atoms with Crippen molar-refractivity contribution in [2.24, 2.45) is 17.8 Å². The number of aliphatic carboxylic acids is 1. The number of carboxylic acid groups (broad SMARTS) is 1. The molecule has 120 valence electrons. The highest BCUT2D eigenvalue weighted by Gasteiger charge is 2.26. The number of hydrogen-bond acceptors (Lipinski definition) is 2. The fourth-order valence-electron chi connectivity index (χ4n) is 3.67. The molecule has 5 nitrogen and oxygen atoms in total. The summed E-state index contributed by atoms with van der Waals surface area (Å²) >= 11 is 0. The second-order valence-corrected chi connectivity index (χ2v) is 6.86. The normalized spacial score (nSPS) is 29.4. The monoisotopic (exact) mass is 296 g/mol. The van der Waals surface area contributed by atoms with Gasteiger partial charge in [0.05, 0.1) is 0 Å². The van der Waals surface area contributed by atoms with Crippen molar-refractivity contribution in [1.82, 2.24) is 10.2 Å². The van der Waals surface area contributed by atoms with Crippen LogP contribution in [0.3, 0.4) is 0 Å². The Morgan fingerprint density at radius 2 is 2.05 bits per heavy atom. The molecule has 3 unspecified atom stereocenters. The fraction of sp³-hybridized carbons (Fsp3) is 0.875. The van der Waals surface area contributed by atoms with Crippen molar-refractivity contribution >= 4 is 12.0 Å². The molecule has 1 heterocycles. The van der Waals surface area contributed by atoms with Crippen LogP contribution in [0, 0.1) is 17.8 Å². The van der Waals surface area contributed by atoms with Gasteiger partial charge in [-0.1, -0.05) is 13.3 Å². The molecular formula is C16H28N2O3. The van der Waals surface area contributed by atoms with Gasteiger partial charge in [-0.25, -0.2) is 4.79 Å². The van der Waals surface area contributed by atoms with Gasteiger partial charge < -0.3 is 15.3 Å². The van der Waals surface area contributed by atoms with Crippen LogP contribution in [-0.2, 0) is 4.79 Å². The maximum absolute atomic E-state index is 12.2. The van der Waals surface area contributed by atoms with Crippen molar-refractivity contribution in [3.63, 3.8) is 0 Å². The van der Waals surface area contributed by atoms with E-state index in [9.17, 15) is 9.59 Å². The second-order valence-electron chi connectivity index (χ2n) is 6.86. The molecule has 21 heavy (non-hydrogen) atoms. The van der Waals surface area contributed by atoms with Crippen LogP contribution in [0.1, 0.15) is 51.9 Å².